The molecule has 0 aliphatic heterocycles. The van der Waals surface area contributed by atoms with Gasteiger partial charge in [-0.15, -0.1) is 0 Å². The summed E-state index contributed by atoms with van der Waals surface area (Å²) in [6.07, 6.45) is 0. The second kappa shape index (κ2) is 7.22. The number of benzene rings is 3. The summed E-state index contributed by atoms with van der Waals surface area (Å²) >= 11 is 3.54. The van der Waals surface area contributed by atoms with Gasteiger partial charge in [-0.05, 0) is 36.4 Å². The second-order valence-corrected chi connectivity index (χ2v) is 6.70. The highest BCUT2D eigenvalue weighted by atomic mass is 79.9. The molecule has 1 aromatic heterocycles. The highest BCUT2D eigenvalue weighted by molar-refractivity contribution is 9.10. The van der Waals surface area contributed by atoms with Crippen molar-refractivity contribution in [1.82, 2.24) is 9.97 Å². The van der Waals surface area contributed by atoms with Crippen molar-refractivity contribution in [3.05, 3.63) is 76.8 Å². The van der Waals surface area contributed by atoms with Crippen LogP contribution < -0.4 is 9.47 Å². The third-order valence-electron chi connectivity index (χ3n) is 4.17. The van der Waals surface area contributed by atoms with Crippen molar-refractivity contribution >= 4 is 27.0 Å². The van der Waals surface area contributed by atoms with Crippen molar-refractivity contribution < 1.29 is 9.47 Å². The van der Waals surface area contributed by atoms with E-state index in [1.165, 1.54) is 0 Å². The van der Waals surface area contributed by atoms with Crippen LogP contribution in [0.15, 0.2) is 71.2 Å². The highest BCUT2D eigenvalue weighted by Crippen LogP contribution is 2.33. The van der Waals surface area contributed by atoms with E-state index in [0.29, 0.717) is 18.1 Å². The average Bonchev–Trinajstić information content (AvgIpc) is 3.11. The number of ether oxygens (including phenoxy) is 2. The van der Waals surface area contributed by atoms with Gasteiger partial charge in [0.15, 0.2) is 11.5 Å². The first-order valence-corrected chi connectivity index (χ1v) is 9.03. The second-order valence-electron chi connectivity index (χ2n) is 5.85. The minimum absolute atomic E-state index is 0.460. The van der Waals surface area contributed by atoms with Gasteiger partial charge in [0.1, 0.15) is 12.4 Å². The first-order chi connectivity index (χ1) is 12.7. The van der Waals surface area contributed by atoms with E-state index in [1.807, 2.05) is 66.7 Å². The van der Waals surface area contributed by atoms with Gasteiger partial charge in [-0.1, -0.05) is 46.3 Å². The van der Waals surface area contributed by atoms with Crippen LogP contribution in [0.4, 0.5) is 0 Å². The minimum Gasteiger partial charge on any atom is -0.493 e. The molecule has 1 N–H and O–H groups in total. The summed E-state index contributed by atoms with van der Waals surface area (Å²) < 4.78 is 12.5. The number of methoxy groups -OCH3 is 1. The predicted molar refractivity (Wildman–Crippen MR) is 107 cm³/mol. The van der Waals surface area contributed by atoms with Crippen LogP contribution in [-0.2, 0) is 6.61 Å². The number of para-hydroxylation sites is 2. The fourth-order valence-corrected chi connectivity index (χ4v) is 3.19. The number of halogens is 1. The van der Waals surface area contributed by atoms with E-state index in [9.17, 15) is 0 Å². The number of hydrogen-bond acceptors (Lipinski definition) is 3. The van der Waals surface area contributed by atoms with Gasteiger partial charge in [-0.25, -0.2) is 4.98 Å². The summed E-state index contributed by atoms with van der Waals surface area (Å²) in [6.45, 7) is 0.460. The van der Waals surface area contributed by atoms with Crippen LogP contribution in [0.5, 0.6) is 11.5 Å². The molecule has 0 spiro atoms. The van der Waals surface area contributed by atoms with Crippen molar-refractivity contribution in [3.63, 3.8) is 0 Å². The molecule has 0 atom stereocenters. The number of fused-ring (bicyclic) bond motifs is 1. The zero-order valence-corrected chi connectivity index (χ0v) is 15.8. The Hall–Kier alpha value is -2.79. The topological polar surface area (TPSA) is 47.1 Å². The fourth-order valence-electron chi connectivity index (χ4n) is 2.79. The molecular weight excluding hydrogens is 392 g/mol. The zero-order chi connectivity index (χ0) is 17.9. The number of imidazole rings is 1. The van der Waals surface area contributed by atoms with Gasteiger partial charge < -0.3 is 14.5 Å². The third-order valence-corrected chi connectivity index (χ3v) is 4.94. The fraction of sp³-hybridized carbons (Fsp3) is 0.0952. The number of nitrogens with zero attached hydrogens (tertiary/aromatic N) is 1. The Morgan fingerprint density at radius 1 is 0.962 bits per heavy atom. The predicted octanol–water partition coefficient (Wildman–Crippen LogP) is 5.58. The summed E-state index contributed by atoms with van der Waals surface area (Å²) in [6, 6.07) is 21.8. The Labute approximate surface area is 159 Å². The van der Waals surface area contributed by atoms with E-state index in [1.54, 1.807) is 7.11 Å². The Bertz CT molecular complexity index is 1030. The highest BCUT2D eigenvalue weighted by Gasteiger charge is 2.11. The monoisotopic (exact) mass is 408 g/mol. The summed E-state index contributed by atoms with van der Waals surface area (Å²) in [5, 5.41) is 0. The molecule has 0 aliphatic rings. The van der Waals surface area contributed by atoms with E-state index in [4.69, 9.17) is 9.47 Å². The maximum absolute atomic E-state index is 5.96. The van der Waals surface area contributed by atoms with Crippen LogP contribution in [-0.4, -0.2) is 17.1 Å². The van der Waals surface area contributed by atoms with Gasteiger partial charge in [-0.2, -0.15) is 0 Å². The lowest BCUT2D eigenvalue weighted by molar-refractivity contribution is 0.284. The van der Waals surface area contributed by atoms with Crippen LogP contribution in [0.3, 0.4) is 0 Å². The Kier molecular flexibility index (Phi) is 4.63. The van der Waals surface area contributed by atoms with Crippen LogP contribution in [0.1, 0.15) is 5.56 Å². The number of nitrogens with one attached hydrogen (secondary N) is 1. The van der Waals surface area contributed by atoms with Gasteiger partial charge >= 0.3 is 0 Å². The lowest BCUT2D eigenvalue weighted by Gasteiger charge is -2.12. The normalized spacial score (nSPS) is 10.8. The van der Waals surface area contributed by atoms with Crippen molar-refractivity contribution in [2.24, 2.45) is 0 Å². The van der Waals surface area contributed by atoms with Gasteiger partial charge in [0.25, 0.3) is 0 Å². The van der Waals surface area contributed by atoms with Crippen molar-refractivity contribution in [1.29, 1.82) is 0 Å². The number of hydrogen-bond donors (Lipinski definition) is 1. The molecule has 4 rings (SSSR count). The maximum Gasteiger partial charge on any atom is 0.161 e. The number of aromatic nitrogens is 2. The first-order valence-electron chi connectivity index (χ1n) is 8.24. The molecule has 0 unspecified atom stereocenters. The molecule has 0 bridgehead atoms. The number of rotatable bonds is 5. The quantitative estimate of drug-likeness (QED) is 0.468. The Balaban J connectivity index is 1.60. The summed E-state index contributed by atoms with van der Waals surface area (Å²) in [4.78, 5) is 7.97. The molecule has 5 heteroatoms. The molecule has 130 valence electrons. The van der Waals surface area contributed by atoms with E-state index < -0.39 is 0 Å². The Morgan fingerprint density at radius 2 is 1.77 bits per heavy atom. The minimum atomic E-state index is 0.460. The SMILES string of the molecule is COc1cc(-c2nc3ccccc3[nH]2)ccc1OCc1ccccc1Br. The molecule has 0 aliphatic carbocycles. The first kappa shape index (κ1) is 16.7. The van der Waals surface area contributed by atoms with E-state index >= 15 is 0 Å². The van der Waals surface area contributed by atoms with Gasteiger partial charge in [-0.3, -0.25) is 0 Å². The summed E-state index contributed by atoms with van der Waals surface area (Å²) in [7, 11) is 1.64. The van der Waals surface area contributed by atoms with Crippen molar-refractivity contribution in [2.45, 2.75) is 6.61 Å². The van der Waals surface area contributed by atoms with E-state index in [0.717, 1.165) is 32.5 Å². The molecule has 4 nitrogen and oxygen atoms in total. The van der Waals surface area contributed by atoms with E-state index in [2.05, 4.69) is 25.9 Å². The maximum atomic E-state index is 5.96. The largest absolute Gasteiger partial charge is 0.493 e. The zero-order valence-electron chi connectivity index (χ0n) is 14.2. The van der Waals surface area contributed by atoms with Crippen LogP contribution in [0.2, 0.25) is 0 Å². The molecule has 0 saturated carbocycles. The lowest BCUT2D eigenvalue weighted by atomic mass is 10.2. The van der Waals surface area contributed by atoms with Crippen molar-refractivity contribution in [2.75, 3.05) is 7.11 Å². The van der Waals surface area contributed by atoms with Gasteiger partial charge in [0.05, 0.1) is 18.1 Å². The van der Waals surface area contributed by atoms with Crippen LogP contribution in [0, 0.1) is 0 Å². The van der Waals surface area contributed by atoms with Crippen LogP contribution in [0.25, 0.3) is 22.4 Å². The molecule has 0 radical (unpaired) electrons. The molecule has 0 fully saturated rings. The van der Waals surface area contributed by atoms with Gasteiger partial charge in [0.2, 0.25) is 0 Å². The standard InChI is InChI=1S/C21H17BrN2O2/c1-25-20-12-14(21-23-17-8-4-5-9-18(17)24-21)10-11-19(20)26-13-15-6-2-3-7-16(15)22/h2-12H,13H2,1H3,(H,23,24). The molecule has 3 aromatic carbocycles. The van der Waals surface area contributed by atoms with Crippen LogP contribution >= 0.6 is 15.9 Å². The number of H-pyrrole nitrogens is 1. The molecule has 1 heterocycles. The summed E-state index contributed by atoms with van der Waals surface area (Å²) in [5.41, 5.74) is 3.98. The smallest absolute Gasteiger partial charge is 0.161 e. The molecule has 4 aromatic rings. The third kappa shape index (κ3) is 3.30. The summed E-state index contributed by atoms with van der Waals surface area (Å²) in [5.74, 6) is 2.18. The Morgan fingerprint density at radius 3 is 2.58 bits per heavy atom. The van der Waals surface area contributed by atoms with Gasteiger partial charge in [0, 0.05) is 15.6 Å². The molecular formula is C21H17BrN2O2. The molecule has 0 saturated heterocycles. The molecule has 0 amide bonds. The number of aromatic amines is 1. The molecule has 26 heavy (non-hydrogen) atoms. The lowest BCUT2D eigenvalue weighted by Crippen LogP contribution is -1.98. The average molecular weight is 409 g/mol. The van der Waals surface area contributed by atoms with Crippen molar-refractivity contribution in [3.8, 4) is 22.9 Å². The van der Waals surface area contributed by atoms with E-state index in [-0.39, 0.29) is 0 Å².